The molecule has 4 nitrogen and oxygen atoms in total. The molecule has 3 rings (SSSR count). The van der Waals surface area contributed by atoms with Gasteiger partial charge in [-0.15, -0.1) is 0 Å². The molecule has 1 unspecified atom stereocenters. The summed E-state index contributed by atoms with van der Waals surface area (Å²) in [5, 5.41) is 0. The number of carbonyl (C=O) groups is 1. The highest BCUT2D eigenvalue weighted by atomic mass is 16.5. The lowest BCUT2D eigenvalue weighted by Gasteiger charge is -2.07. The SMILES string of the molecule is CC(=CCCc1coc(Cc2ccoc2)c1)CCCC(C)C=C1C=C(C)C(=O)O1. The van der Waals surface area contributed by atoms with Gasteiger partial charge in [0.15, 0.2) is 0 Å². The van der Waals surface area contributed by atoms with Crippen LogP contribution in [-0.4, -0.2) is 5.97 Å². The van der Waals surface area contributed by atoms with E-state index in [2.05, 4.69) is 26.0 Å². The van der Waals surface area contributed by atoms with Crippen LogP contribution in [0.4, 0.5) is 0 Å². The van der Waals surface area contributed by atoms with Gasteiger partial charge in [-0.3, -0.25) is 0 Å². The fourth-order valence-corrected chi connectivity index (χ4v) is 3.47. The van der Waals surface area contributed by atoms with Crippen LogP contribution in [0.3, 0.4) is 0 Å². The first-order valence-electron chi connectivity index (χ1n) is 10.3. The molecule has 1 aliphatic rings. The van der Waals surface area contributed by atoms with Gasteiger partial charge in [-0.1, -0.05) is 18.6 Å². The second kappa shape index (κ2) is 10.1. The van der Waals surface area contributed by atoms with Crippen molar-refractivity contribution in [3.63, 3.8) is 0 Å². The molecule has 0 aromatic carbocycles. The number of hydrogen-bond donors (Lipinski definition) is 0. The largest absolute Gasteiger partial charge is 0.472 e. The fourth-order valence-electron chi connectivity index (χ4n) is 3.47. The van der Waals surface area contributed by atoms with E-state index in [1.807, 2.05) is 24.5 Å². The van der Waals surface area contributed by atoms with Crippen molar-refractivity contribution in [3.8, 4) is 0 Å². The quantitative estimate of drug-likeness (QED) is 0.339. The average molecular weight is 395 g/mol. The maximum atomic E-state index is 11.4. The van der Waals surface area contributed by atoms with Gasteiger partial charge in [0, 0.05) is 12.0 Å². The zero-order chi connectivity index (χ0) is 20.6. The average Bonchev–Trinajstić information content (AvgIpc) is 3.39. The number of cyclic esters (lactones) is 1. The lowest BCUT2D eigenvalue weighted by Crippen LogP contribution is -1.97. The molecule has 0 radical (unpaired) electrons. The van der Waals surface area contributed by atoms with E-state index < -0.39 is 0 Å². The third kappa shape index (κ3) is 6.67. The minimum atomic E-state index is -0.228. The van der Waals surface area contributed by atoms with Crippen LogP contribution >= 0.6 is 0 Å². The van der Waals surface area contributed by atoms with Gasteiger partial charge in [0.1, 0.15) is 11.5 Å². The van der Waals surface area contributed by atoms with Crippen molar-refractivity contribution in [2.24, 2.45) is 5.92 Å². The lowest BCUT2D eigenvalue weighted by molar-refractivity contribution is -0.133. The summed E-state index contributed by atoms with van der Waals surface area (Å²) in [6, 6.07) is 4.10. The minimum Gasteiger partial charge on any atom is -0.472 e. The molecule has 0 fully saturated rings. The Morgan fingerprint density at radius 3 is 2.83 bits per heavy atom. The molecule has 29 heavy (non-hydrogen) atoms. The number of esters is 1. The Hall–Kier alpha value is -2.75. The molecular weight excluding hydrogens is 364 g/mol. The predicted molar refractivity (Wildman–Crippen MR) is 113 cm³/mol. The Morgan fingerprint density at radius 1 is 1.24 bits per heavy atom. The summed E-state index contributed by atoms with van der Waals surface area (Å²) in [6.45, 7) is 6.15. The van der Waals surface area contributed by atoms with E-state index in [4.69, 9.17) is 13.6 Å². The number of hydrogen-bond acceptors (Lipinski definition) is 4. The second-order valence-corrected chi connectivity index (χ2v) is 7.97. The van der Waals surface area contributed by atoms with E-state index in [1.54, 1.807) is 19.5 Å². The van der Waals surface area contributed by atoms with Crippen LogP contribution in [0.15, 0.2) is 74.9 Å². The van der Waals surface area contributed by atoms with E-state index in [9.17, 15) is 4.79 Å². The van der Waals surface area contributed by atoms with Crippen molar-refractivity contribution in [1.29, 1.82) is 0 Å². The maximum absolute atomic E-state index is 11.4. The highest BCUT2D eigenvalue weighted by Crippen LogP contribution is 2.21. The molecule has 3 heterocycles. The van der Waals surface area contributed by atoms with Gasteiger partial charge in [0.2, 0.25) is 0 Å². The zero-order valence-electron chi connectivity index (χ0n) is 17.6. The first kappa shape index (κ1) is 21.0. The molecule has 0 saturated heterocycles. The number of rotatable bonds is 10. The van der Waals surface area contributed by atoms with Crippen LogP contribution in [0.25, 0.3) is 0 Å². The Kier molecular flexibility index (Phi) is 7.34. The van der Waals surface area contributed by atoms with Crippen LogP contribution in [0.2, 0.25) is 0 Å². The highest BCUT2D eigenvalue weighted by Gasteiger charge is 2.17. The molecule has 4 heteroatoms. The molecule has 0 N–H and O–H groups in total. The Bertz CT molecular complexity index is 893. The van der Waals surface area contributed by atoms with Crippen molar-refractivity contribution in [2.75, 3.05) is 0 Å². The standard InChI is InChI=1S/C25H30O4/c1-18(6-4-8-19(2)12-24-13-20(3)25(26)29-24)7-5-9-21-14-23(28-17-21)15-22-10-11-27-16-22/h7,10-14,16-17,19H,4-6,8-9,15H2,1-3H3. The molecule has 0 amide bonds. The molecule has 1 atom stereocenters. The van der Waals surface area contributed by atoms with Gasteiger partial charge in [0.05, 0.1) is 18.8 Å². The van der Waals surface area contributed by atoms with Crippen LogP contribution < -0.4 is 0 Å². The highest BCUT2D eigenvalue weighted by molar-refractivity contribution is 5.92. The van der Waals surface area contributed by atoms with Gasteiger partial charge in [-0.2, -0.15) is 0 Å². The van der Waals surface area contributed by atoms with Crippen LogP contribution in [-0.2, 0) is 22.4 Å². The molecule has 1 aliphatic heterocycles. The van der Waals surface area contributed by atoms with Gasteiger partial charge >= 0.3 is 5.97 Å². The predicted octanol–water partition coefficient (Wildman–Crippen LogP) is 6.54. The van der Waals surface area contributed by atoms with Crippen LogP contribution in [0.1, 0.15) is 63.3 Å². The molecule has 0 aliphatic carbocycles. The van der Waals surface area contributed by atoms with Crippen LogP contribution in [0, 0.1) is 5.92 Å². The topological polar surface area (TPSA) is 52.6 Å². The van der Waals surface area contributed by atoms with E-state index in [0.29, 0.717) is 17.3 Å². The van der Waals surface area contributed by atoms with Crippen molar-refractivity contribution in [2.45, 2.75) is 59.3 Å². The second-order valence-electron chi connectivity index (χ2n) is 7.97. The van der Waals surface area contributed by atoms with Gasteiger partial charge in [-0.25, -0.2) is 4.79 Å². The summed E-state index contributed by atoms with van der Waals surface area (Å²) in [4.78, 5) is 11.4. The summed E-state index contributed by atoms with van der Waals surface area (Å²) >= 11 is 0. The fraction of sp³-hybridized carbons (Fsp3) is 0.400. The van der Waals surface area contributed by atoms with E-state index in [-0.39, 0.29) is 5.97 Å². The molecule has 2 aromatic heterocycles. The third-order valence-electron chi connectivity index (χ3n) is 5.16. The smallest absolute Gasteiger partial charge is 0.339 e. The van der Waals surface area contributed by atoms with Gasteiger partial charge in [0.25, 0.3) is 0 Å². The normalized spacial score (nSPS) is 16.9. The summed E-state index contributed by atoms with van der Waals surface area (Å²) in [6.07, 6.45) is 17.6. The summed E-state index contributed by atoms with van der Waals surface area (Å²) in [5.74, 6) is 1.84. The molecule has 154 valence electrons. The minimum absolute atomic E-state index is 0.228. The Labute approximate surface area is 172 Å². The van der Waals surface area contributed by atoms with Gasteiger partial charge < -0.3 is 13.6 Å². The van der Waals surface area contributed by atoms with Crippen molar-refractivity contribution < 1.29 is 18.4 Å². The van der Waals surface area contributed by atoms with E-state index in [0.717, 1.165) is 49.8 Å². The van der Waals surface area contributed by atoms with Crippen LogP contribution in [0.5, 0.6) is 0 Å². The number of allylic oxidation sites excluding steroid dienone is 4. The first-order chi connectivity index (χ1) is 14.0. The van der Waals surface area contributed by atoms with E-state index in [1.165, 1.54) is 11.1 Å². The number of aryl methyl sites for hydroxylation is 1. The third-order valence-corrected chi connectivity index (χ3v) is 5.16. The summed E-state index contributed by atoms with van der Waals surface area (Å²) < 4.78 is 16.0. The molecular formula is C25H30O4. The lowest BCUT2D eigenvalue weighted by atomic mass is 10.00. The molecule has 0 saturated carbocycles. The first-order valence-corrected chi connectivity index (χ1v) is 10.3. The molecule has 0 spiro atoms. The van der Waals surface area contributed by atoms with E-state index >= 15 is 0 Å². The number of furan rings is 2. The monoisotopic (exact) mass is 394 g/mol. The molecule has 0 bridgehead atoms. The van der Waals surface area contributed by atoms with Crippen molar-refractivity contribution in [1.82, 2.24) is 0 Å². The van der Waals surface area contributed by atoms with Crippen molar-refractivity contribution >= 4 is 5.97 Å². The summed E-state index contributed by atoms with van der Waals surface area (Å²) in [7, 11) is 0. The Balaban J connectivity index is 1.35. The Morgan fingerprint density at radius 2 is 2.10 bits per heavy atom. The van der Waals surface area contributed by atoms with Crippen molar-refractivity contribution in [3.05, 3.63) is 82.9 Å². The molecule has 2 aromatic rings. The van der Waals surface area contributed by atoms with Gasteiger partial charge in [-0.05, 0) is 87.3 Å². The zero-order valence-corrected chi connectivity index (χ0v) is 17.6. The number of ether oxygens (including phenoxy) is 1. The number of carbonyl (C=O) groups excluding carboxylic acids is 1. The summed E-state index contributed by atoms with van der Waals surface area (Å²) in [5.41, 5.74) is 4.47. The maximum Gasteiger partial charge on any atom is 0.339 e.